The first kappa shape index (κ1) is 26.7. The Morgan fingerprint density at radius 2 is 1.97 bits per heavy atom. The summed E-state index contributed by atoms with van der Waals surface area (Å²) < 4.78 is 20.1. The summed E-state index contributed by atoms with van der Waals surface area (Å²) in [5, 5.41) is 20.7. The van der Waals surface area contributed by atoms with E-state index in [1.165, 1.54) is 30.3 Å². The molecule has 0 radical (unpaired) electrons. The molecule has 4 atom stereocenters. The number of allylic oxidation sites excluding steroid dienone is 2. The Balaban J connectivity index is 1.34. The van der Waals surface area contributed by atoms with Gasteiger partial charge < -0.3 is 9.84 Å². The number of amides is 2. The van der Waals surface area contributed by atoms with Gasteiger partial charge in [0, 0.05) is 18.1 Å². The van der Waals surface area contributed by atoms with Gasteiger partial charge in [-0.05, 0) is 61.9 Å². The summed E-state index contributed by atoms with van der Waals surface area (Å²) in [7, 11) is 0. The number of nitrogens with zero attached hydrogens (tertiary/aromatic N) is 2. The molecule has 0 saturated carbocycles. The third kappa shape index (κ3) is 4.98. The number of rotatable bonds is 8. The fourth-order valence-electron chi connectivity index (χ4n) is 6.38. The van der Waals surface area contributed by atoms with E-state index < -0.39 is 22.6 Å². The van der Waals surface area contributed by atoms with Crippen LogP contribution >= 0.6 is 0 Å². The van der Waals surface area contributed by atoms with E-state index in [0.29, 0.717) is 25.0 Å². The van der Waals surface area contributed by atoms with E-state index in [4.69, 9.17) is 4.74 Å². The molecule has 2 saturated heterocycles. The molecule has 0 bridgehead atoms. The Morgan fingerprint density at radius 3 is 2.69 bits per heavy atom. The maximum Gasteiger partial charge on any atom is 0.271 e. The van der Waals surface area contributed by atoms with Gasteiger partial charge in [-0.3, -0.25) is 19.7 Å². The summed E-state index contributed by atoms with van der Waals surface area (Å²) in [5.74, 6) is -2.95. The number of phenols is 1. The maximum absolute atomic E-state index is 13.8. The minimum absolute atomic E-state index is 0.173. The number of imide groups is 1. The van der Waals surface area contributed by atoms with E-state index in [9.17, 15) is 29.2 Å². The van der Waals surface area contributed by atoms with E-state index in [2.05, 4.69) is 6.92 Å². The third-order valence-electron chi connectivity index (χ3n) is 8.09. The van der Waals surface area contributed by atoms with Gasteiger partial charge in [-0.1, -0.05) is 42.7 Å². The Kier molecular flexibility index (Phi) is 7.36. The third-order valence-corrected chi connectivity index (χ3v) is 8.09. The number of nitro groups is 1. The Labute approximate surface area is 225 Å². The first-order valence-corrected chi connectivity index (χ1v) is 13.3. The molecule has 1 N–H and O–H groups in total. The molecule has 204 valence electrons. The highest BCUT2D eigenvalue weighted by Gasteiger charge is 2.56. The normalized spacial score (nSPS) is 24.8. The quantitative estimate of drug-likeness (QED) is 0.194. The summed E-state index contributed by atoms with van der Waals surface area (Å²) in [5.41, 5.74) is 4.03. The van der Waals surface area contributed by atoms with Crippen LogP contribution in [0.25, 0.3) is 6.08 Å². The fraction of sp³-hybridized carbons (Fsp3) is 0.400. The summed E-state index contributed by atoms with van der Waals surface area (Å²) in [4.78, 5) is 38.8. The van der Waals surface area contributed by atoms with Crippen molar-refractivity contribution in [3.8, 4) is 5.75 Å². The lowest BCUT2D eigenvalue weighted by Gasteiger charge is -2.30. The van der Waals surface area contributed by atoms with Crippen molar-refractivity contribution in [2.75, 3.05) is 11.5 Å². The molecule has 2 amide bonds. The van der Waals surface area contributed by atoms with Crippen LogP contribution in [0.1, 0.15) is 51.5 Å². The number of anilines is 1. The molecule has 0 aromatic heterocycles. The average Bonchev–Trinajstić information content (AvgIpc) is 3.44. The highest BCUT2D eigenvalue weighted by atomic mass is 19.1. The monoisotopic (exact) mass is 534 g/mol. The van der Waals surface area contributed by atoms with Gasteiger partial charge in [0.05, 0.1) is 35.2 Å². The molecular formula is C30H31FN2O6. The van der Waals surface area contributed by atoms with Gasteiger partial charge in [-0.15, -0.1) is 0 Å². The zero-order valence-corrected chi connectivity index (χ0v) is 21.9. The predicted molar refractivity (Wildman–Crippen MR) is 143 cm³/mol. The number of non-ortho nitro benzene ring substituents is 1. The molecule has 8 nitrogen and oxygen atoms in total. The molecule has 39 heavy (non-hydrogen) atoms. The summed E-state index contributed by atoms with van der Waals surface area (Å²) in [6, 6.07) is 9.98. The molecular weight excluding hydrogens is 503 g/mol. The zero-order chi connectivity index (χ0) is 27.8. The number of hydrogen-bond acceptors (Lipinski definition) is 6. The summed E-state index contributed by atoms with van der Waals surface area (Å²) in [6.07, 6.45) is 5.42. The number of ether oxygens (including phenoxy) is 1. The molecule has 3 aliphatic rings. The fourth-order valence-corrected chi connectivity index (χ4v) is 6.38. The number of aromatic hydroxyl groups is 1. The molecule has 2 aromatic rings. The molecule has 2 aliphatic heterocycles. The van der Waals surface area contributed by atoms with Crippen molar-refractivity contribution in [2.24, 2.45) is 17.8 Å². The molecule has 2 heterocycles. The second kappa shape index (κ2) is 10.7. The van der Waals surface area contributed by atoms with Crippen LogP contribution in [0.3, 0.4) is 0 Å². The summed E-state index contributed by atoms with van der Waals surface area (Å²) >= 11 is 0. The number of hydrogen-bond donors (Lipinski definition) is 1. The van der Waals surface area contributed by atoms with Gasteiger partial charge in [-0.25, -0.2) is 9.29 Å². The van der Waals surface area contributed by atoms with Gasteiger partial charge in [0.1, 0.15) is 0 Å². The number of benzene rings is 2. The van der Waals surface area contributed by atoms with Crippen molar-refractivity contribution in [1.29, 1.82) is 0 Å². The first-order chi connectivity index (χ1) is 18.7. The predicted octanol–water partition coefficient (Wildman–Crippen LogP) is 5.94. The first-order valence-electron chi connectivity index (χ1n) is 13.3. The standard InChI is InChI=1S/C30H31FN2O6/c1-3-5-18(13-19-8-10-25(34)24(31)14-19)9-11-26-27-17(2)12-22-28(23(27)16-39-26)30(36)32(29(22)35)20-6-4-7-21(15-20)33(37)38/h4,6-8,10,13-15,22-23,26,28,34H,3,5,9,11-12,16H2,1-2H3/b18-13+/t22-,23+,26-,28-/m1/s1. The van der Waals surface area contributed by atoms with Crippen LogP contribution in [-0.4, -0.2) is 34.6 Å². The number of halogens is 1. The van der Waals surface area contributed by atoms with E-state index in [0.717, 1.165) is 40.9 Å². The smallest absolute Gasteiger partial charge is 0.271 e. The van der Waals surface area contributed by atoms with Crippen LogP contribution in [0.5, 0.6) is 5.75 Å². The average molecular weight is 535 g/mol. The van der Waals surface area contributed by atoms with Gasteiger partial charge in [0.25, 0.3) is 5.69 Å². The number of carbonyl (C=O) groups is 2. The molecule has 1 aliphatic carbocycles. The second-order valence-corrected chi connectivity index (χ2v) is 10.6. The van der Waals surface area contributed by atoms with E-state index in [-0.39, 0.29) is 41.0 Å². The van der Waals surface area contributed by atoms with Gasteiger partial charge >= 0.3 is 0 Å². The Morgan fingerprint density at radius 1 is 1.18 bits per heavy atom. The second-order valence-electron chi connectivity index (χ2n) is 10.6. The van der Waals surface area contributed by atoms with E-state index in [1.807, 2.05) is 13.0 Å². The Bertz CT molecular complexity index is 1400. The van der Waals surface area contributed by atoms with Crippen molar-refractivity contribution in [3.63, 3.8) is 0 Å². The lowest BCUT2D eigenvalue weighted by atomic mass is 9.70. The molecule has 5 rings (SSSR count). The van der Waals surface area contributed by atoms with E-state index >= 15 is 0 Å². The maximum atomic E-state index is 13.8. The van der Waals surface area contributed by atoms with Gasteiger partial charge in [0.2, 0.25) is 11.8 Å². The SMILES string of the molecule is CCC/C(=C\c1ccc(O)c(F)c1)CC[C@H]1OC[C@H]2C1=C(C)C[C@H]1C(=O)N(c3cccc([N+](=O)[O-])c3)C(=O)[C@H]12. The largest absolute Gasteiger partial charge is 0.505 e. The van der Waals surface area contributed by atoms with Crippen LogP contribution < -0.4 is 4.90 Å². The van der Waals surface area contributed by atoms with Crippen LogP contribution in [0.15, 0.2) is 59.2 Å². The molecule has 0 unspecified atom stereocenters. The highest BCUT2D eigenvalue weighted by Crippen LogP contribution is 2.50. The molecule has 9 heteroatoms. The van der Waals surface area contributed by atoms with Crippen molar-refractivity contribution < 1.29 is 28.7 Å². The number of carbonyl (C=O) groups excluding carboxylic acids is 2. The highest BCUT2D eigenvalue weighted by molar-refractivity contribution is 6.22. The van der Waals surface area contributed by atoms with Crippen molar-refractivity contribution >= 4 is 29.3 Å². The van der Waals surface area contributed by atoms with Crippen molar-refractivity contribution in [3.05, 3.63) is 80.7 Å². The lowest BCUT2D eigenvalue weighted by Crippen LogP contribution is -2.34. The molecule has 2 fully saturated rings. The number of nitro benzene ring substituents is 1. The van der Waals surface area contributed by atoms with Crippen LogP contribution in [-0.2, 0) is 14.3 Å². The molecule has 2 aromatic carbocycles. The Hall–Kier alpha value is -3.85. The van der Waals surface area contributed by atoms with Crippen LogP contribution in [0.4, 0.5) is 15.8 Å². The number of fused-ring (bicyclic) bond motifs is 3. The van der Waals surface area contributed by atoms with Crippen molar-refractivity contribution in [1.82, 2.24) is 0 Å². The van der Waals surface area contributed by atoms with Crippen LogP contribution in [0.2, 0.25) is 0 Å². The molecule has 0 spiro atoms. The van der Waals surface area contributed by atoms with Crippen molar-refractivity contribution in [2.45, 2.75) is 52.1 Å². The number of phenolic OH excluding ortho intramolecular Hbond substituents is 1. The van der Waals surface area contributed by atoms with Gasteiger partial charge in [0.15, 0.2) is 11.6 Å². The minimum Gasteiger partial charge on any atom is -0.505 e. The minimum atomic E-state index is -0.658. The topological polar surface area (TPSA) is 110 Å². The van der Waals surface area contributed by atoms with Crippen LogP contribution in [0, 0.1) is 33.7 Å². The lowest BCUT2D eigenvalue weighted by molar-refractivity contribution is -0.384. The zero-order valence-electron chi connectivity index (χ0n) is 21.9. The van der Waals surface area contributed by atoms with E-state index in [1.54, 1.807) is 12.1 Å². The summed E-state index contributed by atoms with van der Waals surface area (Å²) in [6.45, 7) is 4.42. The van der Waals surface area contributed by atoms with Gasteiger partial charge in [-0.2, -0.15) is 0 Å².